The molecule has 0 radical (unpaired) electrons. The van der Waals surface area contributed by atoms with Crippen molar-refractivity contribution in [1.82, 2.24) is 15.2 Å². The molecule has 0 saturated carbocycles. The van der Waals surface area contributed by atoms with Crippen molar-refractivity contribution in [2.45, 2.75) is 32.4 Å². The molecule has 6 heteroatoms. The molecule has 2 heterocycles. The van der Waals surface area contributed by atoms with E-state index in [4.69, 9.17) is 9.15 Å². The van der Waals surface area contributed by atoms with Gasteiger partial charge in [-0.3, -0.25) is 0 Å². The van der Waals surface area contributed by atoms with Gasteiger partial charge in [-0.15, -0.1) is 0 Å². The monoisotopic (exact) mass is 329 g/mol. The van der Waals surface area contributed by atoms with Crippen LogP contribution in [0.2, 0.25) is 0 Å². The van der Waals surface area contributed by atoms with E-state index in [1.807, 2.05) is 30.0 Å². The molecule has 24 heavy (non-hydrogen) atoms. The number of urea groups is 1. The number of oxazole rings is 1. The van der Waals surface area contributed by atoms with Crippen molar-refractivity contribution >= 4 is 6.03 Å². The highest BCUT2D eigenvalue weighted by Gasteiger charge is 2.24. The highest BCUT2D eigenvalue weighted by atomic mass is 16.5. The Morgan fingerprint density at radius 2 is 2.21 bits per heavy atom. The number of carbonyl (C=O) groups excluding carboxylic acids is 1. The summed E-state index contributed by atoms with van der Waals surface area (Å²) < 4.78 is 10.9. The number of hydrogen-bond donors (Lipinski definition) is 1. The number of aryl methyl sites for hydroxylation is 2. The SMILES string of the molecule is Cc1ocnc1CNC(=O)N1CCO[C@@H](CCc2ccccc2)C1. The predicted octanol–water partition coefficient (Wildman–Crippen LogP) is 2.53. The lowest BCUT2D eigenvalue weighted by Crippen LogP contribution is -2.49. The van der Waals surface area contributed by atoms with Crippen molar-refractivity contribution in [3.05, 3.63) is 53.7 Å². The number of ether oxygens (including phenoxy) is 1. The summed E-state index contributed by atoms with van der Waals surface area (Å²) >= 11 is 0. The molecule has 0 bridgehead atoms. The molecular weight excluding hydrogens is 306 g/mol. The van der Waals surface area contributed by atoms with Gasteiger partial charge in [-0.1, -0.05) is 30.3 Å². The van der Waals surface area contributed by atoms with Gasteiger partial charge in [0.2, 0.25) is 0 Å². The number of nitrogens with one attached hydrogen (secondary N) is 1. The summed E-state index contributed by atoms with van der Waals surface area (Å²) in [5.41, 5.74) is 2.06. The van der Waals surface area contributed by atoms with Gasteiger partial charge in [0.05, 0.1) is 19.3 Å². The Labute approximate surface area is 141 Å². The smallest absolute Gasteiger partial charge is 0.317 e. The van der Waals surface area contributed by atoms with Gasteiger partial charge < -0.3 is 19.4 Å². The number of carbonyl (C=O) groups is 1. The zero-order valence-electron chi connectivity index (χ0n) is 13.9. The van der Waals surface area contributed by atoms with Crippen LogP contribution in [0.1, 0.15) is 23.4 Å². The lowest BCUT2D eigenvalue weighted by atomic mass is 10.1. The molecule has 0 unspecified atom stereocenters. The Morgan fingerprint density at radius 1 is 1.38 bits per heavy atom. The Kier molecular flexibility index (Phi) is 5.48. The van der Waals surface area contributed by atoms with E-state index in [2.05, 4.69) is 22.4 Å². The summed E-state index contributed by atoms with van der Waals surface area (Å²) in [7, 11) is 0. The van der Waals surface area contributed by atoms with Crippen molar-refractivity contribution < 1.29 is 13.9 Å². The van der Waals surface area contributed by atoms with Gasteiger partial charge in [0.1, 0.15) is 11.5 Å². The van der Waals surface area contributed by atoms with E-state index in [1.54, 1.807) is 0 Å². The molecule has 1 aliphatic heterocycles. The van der Waals surface area contributed by atoms with Crippen molar-refractivity contribution in [1.29, 1.82) is 0 Å². The van der Waals surface area contributed by atoms with Gasteiger partial charge in [0.25, 0.3) is 0 Å². The summed E-state index contributed by atoms with van der Waals surface area (Å²) in [6.45, 7) is 4.04. The maximum Gasteiger partial charge on any atom is 0.317 e. The van der Waals surface area contributed by atoms with E-state index in [0.717, 1.165) is 24.3 Å². The van der Waals surface area contributed by atoms with Crippen LogP contribution in [0.25, 0.3) is 0 Å². The van der Waals surface area contributed by atoms with Crippen molar-refractivity contribution in [2.24, 2.45) is 0 Å². The summed E-state index contributed by atoms with van der Waals surface area (Å²) in [4.78, 5) is 18.2. The van der Waals surface area contributed by atoms with Crippen LogP contribution >= 0.6 is 0 Å². The van der Waals surface area contributed by atoms with Crippen LogP contribution < -0.4 is 5.32 Å². The van der Waals surface area contributed by atoms with Crippen LogP contribution in [0.15, 0.2) is 41.1 Å². The minimum atomic E-state index is -0.0783. The fraction of sp³-hybridized carbons (Fsp3) is 0.444. The van der Waals surface area contributed by atoms with Gasteiger partial charge in [0, 0.05) is 13.1 Å². The molecular formula is C18H23N3O3. The molecule has 1 aromatic heterocycles. The summed E-state index contributed by atoms with van der Waals surface area (Å²) in [6, 6.07) is 10.3. The number of hydrogen-bond acceptors (Lipinski definition) is 4. The van der Waals surface area contributed by atoms with Gasteiger partial charge in [0.15, 0.2) is 6.39 Å². The van der Waals surface area contributed by atoms with E-state index < -0.39 is 0 Å². The quantitative estimate of drug-likeness (QED) is 0.915. The summed E-state index contributed by atoms with van der Waals surface area (Å²) in [5.74, 6) is 0.734. The van der Waals surface area contributed by atoms with E-state index in [0.29, 0.717) is 26.2 Å². The van der Waals surface area contributed by atoms with Crippen molar-refractivity contribution in [2.75, 3.05) is 19.7 Å². The topological polar surface area (TPSA) is 67.6 Å². The second-order valence-corrected chi connectivity index (χ2v) is 5.98. The molecule has 1 aromatic carbocycles. The van der Waals surface area contributed by atoms with E-state index in [9.17, 15) is 4.79 Å². The van der Waals surface area contributed by atoms with Crippen molar-refractivity contribution in [3.8, 4) is 0 Å². The molecule has 3 rings (SSSR count). The molecule has 128 valence electrons. The van der Waals surface area contributed by atoms with Crippen LogP contribution in [-0.2, 0) is 17.7 Å². The zero-order chi connectivity index (χ0) is 16.8. The zero-order valence-corrected chi connectivity index (χ0v) is 13.9. The third-order valence-corrected chi connectivity index (χ3v) is 4.28. The molecule has 1 saturated heterocycles. The van der Waals surface area contributed by atoms with Gasteiger partial charge in [-0.05, 0) is 25.3 Å². The third-order valence-electron chi connectivity index (χ3n) is 4.28. The Morgan fingerprint density at radius 3 is 2.96 bits per heavy atom. The first-order chi connectivity index (χ1) is 11.7. The molecule has 6 nitrogen and oxygen atoms in total. The lowest BCUT2D eigenvalue weighted by Gasteiger charge is -2.33. The van der Waals surface area contributed by atoms with Crippen LogP contribution in [0.5, 0.6) is 0 Å². The van der Waals surface area contributed by atoms with Gasteiger partial charge in [-0.2, -0.15) is 0 Å². The fourth-order valence-corrected chi connectivity index (χ4v) is 2.82. The maximum atomic E-state index is 12.3. The largest absolute Gasteiger partial charge is 0.448 e. The second-order valence-electron chi connectivity index (χ2n) is 5.98. The van der Waals surface area contributed by atoms with E-state index in [1.165, 1.54) is 12.0 Å². The average Bonchev–Trinajstić information content (AvgIpc) is 3.04. The molecule has 0 spiro atoms. The molecule has 2 amide bonds. The molecule has 2 aromatic rings. The number of benzene rings is 1. The number of morpholine rings is 1. The number of amides is 2. The highest BCUT2D eigenvalue weighted by Crippen LogP contribution is 2.13. The normalized spacial score (nSPS) is 17.7. The molecule has 1 aliphatic rings. The van der Waals surface area contributed by atoms with Crippen molar-refractivity contribution in [3.63, 3.8) is 0 Å². The summed E-state index contributed by atoms with van der Waals surface area (Å²) in [6.07, 6.45) is 3.35. The summed E-state index contributed by atoms with van der Waals surface area (Å²) in [5, 5.41) is 2.90. The maximum absolute atomic E-state index is 12.3. The average molecular weight is 329 g/mol. The third kappa shape index (κ3) is 4.35. The molecule has 1 N–H and O–H groups in total. The fourth-order valence-electron chi connectivity index (χ4n) is 2.82. The molecule has 0 aliphatic carbocycles. The first kappa shape index (κ1) is 16.5. The molecule has 1 atom stereocenters. The van der Waals surface area contributed by atoms with E-state index >= 15 is 0 Å². The second kappa shape index (κ2) is 7.97. The Balaban J connectivity index is 1.46. The Bertz CT molecular complexity index is 657. The van der Waals surface area contributed by atoms with Gasteiger partial charge in [-0.25, -0.2) is 9.78 Å². The van der Waals surface area contributed by atoms with Crippen LogP contribution in [-0.4, -0.2) is 41.7 Å². The minimum absolute atomic E-state index is 0.0783. The number of aromatic nitrogens is 1. The predicted molar refractivity (Wildman–Crippen MR) is 89.6 cm³/mol. The number of rotatable bonds is 5. The van der Waals surface area contributed by atoms with Crippen LogP contribution in [0.3, 0.4) is 0 Å². The van der Waals surface area contributed by atoms with E-state index in [-0.39, 0.29) is 12.1 Å². The van der Waals surface area contributed by atoms with Crippen LogP contribution in [0.4, 0.5) is 4.79 Å². The van der Waals surface area contributed by atoms with Gasteiger partial charge >= 0.3 is 6.03 Å². The number of nitrogens with zero attached hydrogens (tertiary/aromatic N) is 2. The standard InChI is InChI=1S/C18H23N3O3/c1-14-17(20-13-24-14)11-19-18(22)21-9-10-23-16(12-21)8-7-15-5-3-2-4-6-15/h2-6,13,16H,7-12H2,1H3,(H,19,22)/t16-/m0/s1. The lowest BCUT2D eigenvalue weighted by molar-refractivity contribution is -0.0176. The first-order valence-electron chi connectivity index (χ1n) is 8.29. The Hall–Kier alpha value is -2.34. The minimum Gasteiger partial charge on any atom is -0.448 e. The highest BCUT2D eigenvalue weighted by molar-refractivity contribution is 5.74. The molecule has 1 fully saturated rings. The first-order valence-corrected chi connectivity index (χ1v) is 8.29. The van der Waals surface area contributed by atoms with Crippen LogP contribution in [0, 0.1) is 6.92 Å².